The summed E-state index contributed by atoms with van der Waals surface area (Å²) in [5.41, 5.74) is 3.05. The maximum atomic E-state index is 12.2. The average Bonchev–Trinajstić information content (AvgIpc) is 2.93. The van der Waals surface area contributed by atoms with Crippen molar-refractivity contribution in [3.05, 3.63) is 57.9 Å². The van der Waals surface area contributed by atoms with Crippen LogP contribution in [-0.2, 0) is 20.9 Å². The maximum absolute atomic E-state index is 12.2. The zero-order chi connectivity index (χ0) is 20.7. The summed E-state index contributed by atoms with van der Waals surface area (Å²) in [7, 11) is 0. The zero-order valence-electron chi connectivity index (χ0n) is 16.1. The van der Waals surface area contributed by atoms with Crippen LogP contribution in [0.15, 0.2) is 35.9 Å². The van der Waals surface area contributed by atoms with Crippen LogP contribution in [0, 0.1) is 25.2 Å². The molecule has 0 unspecified atom stereocenters. The van der Waals surface area contributed by atoms with Crippen LogP contribution >= 0.6 is 11.6 Å². The molecule has 0 aliphatic rings. The number of aryl methyl sites for hydroxylation is 1. The summed E-state index contributed by atoms with van der Waals surface area (Å²) in [5.74, 6) is -1.39. The van der Waals surface area contributed by atoms with Gasteiger partial charge in [0.1, 0.15) is 11.6 Å². The standard InChI is InChI=1S/C21H22ClN3O3/c1-4-9-25-14(2)10-16(15(25)3)11-17(12-23)21(27)28-13-20(26)24-19-8-6-5-7-18(19)22/h5-8,10-11H,4,9,13H2,1-3H3,(H,24,26)/b17-11+. The predicted molar refractivity (Wildman–Crippen MR) is 109 cm³/mol. The Hall–Kier alpha value is -3.04. The summed E-state index contributed by atoms with van der Waals surface area (Å²) in [4.78, 5) is 24.2. The topological polar surface area (TPSA) is 84.1 Å². The second kappa shape index (κ2) is 9.77. The van der Waals surface area contributed by atoms with Crippen LogP contribution in [0.3, 0.4) is 0 Å². The molecule has 1 heterocycles. The van der Waals surface area contributed by atoms with Crippen molar-refractivity contribution in [3.63, 3.8) is 0 Å². The van der Waals surface area contributed by atoms with Crippen molar-refractivity contribution in [2.45, 2.75) is 33.7 Å². The van der Waals surface area contributed by atoms with Crippen molar-refractivity contribution in [3.8, 4) is 6.07 Å². The van der Waals surface area contributed by atoms with Crippen molar-refractivity contribution >= 4 is 35.2 Å². The molecule has 7 heteroatoms. The Labute approximate surface area is 169 Å². The minimum Gasteiger partial charge on any atom is -0.451 e. The molecule has 2 aromatic rings. The van der Waals surface area contributed by atoms with Gasteiger partial charge in [0.15, 0.2) is 6.61 Å². The van der Waals surface area contributed by atoms with E-state index in [1.165, 1.54) is 6.08 Å². The van der Waals surface area contributed by atoms with Gasteiger partial charge in [-0.2, -0.15) is 5.26 Å². The van der Waals surface area contributed by atoms with Crippen LogP contribution in [0.2, 0.25) is 5.02 Å². The van der Waals surface area contributed by atoms with Gasteiger partial charge in [0, 0.05) is 17.9 Å². The quantitative estimate of drug-likeness (QED) is 0.428. The first-order chi connectivity index (χ1) is 13.4. The minimum absolute atomic E-state index is 0.165. The van der Waals surface area contributed by atoms with Crippen molar-refractivity contribution in [1.29, 1.82) is 5.26 Å². The van der Waals surface area contributed by atoms with E-state index in [9.17, 15) is 14.9 Å². The van der Waals surface area contributed by atoms with Crippen molar-refractivity contribution in [1.82, 2.24) is 4.57 Å². The zero-order valence-corrected chi connectivity index (χ0v) is 16.8. The largest absolute Gasteiger partial charge is 0.451 e. The number of rotatable bonds is 7. The molecule has 0 atom stereocenters. The van der Waals surface area contributed by atoms with Crippen LogP contribution in [0.1, 0.15) is 30.3 Å². The van der Waals surface area contributed by atoms with E-state index >= 15 is 0 Å². The molecular weight excluding hydrogens is 378 g/mol. The van der Waals surface area contributed by atoms with Gasteiger partial charge in [-0.1, -0.05) is 30.7 Å². The molecule has 0 fully saturated rings. The number of ether oxygens (including phenoxy) is 1. The molecule has 0 aliphatic carbocycles. The van der Waals surface area contributed by atoms with Gasteiger partial charge in [0.05, 0.1) is 10.7 Å². The van der Waals surface area contributed by atoms with Crippen LogP contribution in [0.5, 0.6) is 0 Å². The van der Waals surface area contributed by atoms with E-state index in [1.807, 2.05) is 26.0 Å². The smallest absolute Gasteiger partial charge is 0.349 e. The molecular formula is C21H22ClN3O3. The van der Waals surface area contributed by atoms with E-state index in [2.05, 4.69) is 16.8 Å². The minimum atomic E-state index is -0.850. The Morgan fingerprint density at radius 3 is 2.68 bits per heavy atom. The van der Waals surface area contributed by atoms with Crippen molar-refractivity contribution < 1.29 is 14.3 Å². The number of esters is 1. The highest BCUT2D eigenvalue weighted by atomic mass is 35.5. The lowest BCUT2D eigenvalue weighted by molar-refractivity contribution is -0.142. The number of hydrogen-bond donors (Lipinski definition) is 1. The lowest BCUT2D eigenvalue weighted by atomic mass is 10.1. The molecule has 1 N–H and O–H groups in total. The van der Waals surface area contributed by atoms with E-state index in [0.717, 1.165) is 29.9 Å². The third kappa shape index (κ3) is 5.24. The van der Waals surface area contributed by atoms with Crippen LogP contribution in [0.25, 0.3) is 6.08 Å². The first-order valence-corrected chi connectivity index (χ1v) is 9.25. The SMILES string of the molecule is CCCn1c(C)cc(/C=C(\C#N)C(=O)OCC(=O)Nc2ccccc2Cl)c1C. The van der Waals surface area contributed by atoms with E-state index in [-0.39, 0.29) is 5.57 Å². The number of halogens is 1. The summed E-state index contributed by atoms with van der Waals surface area (Å²) in [6.45, 7) is 6.34. The monoisotopic (exact) mass is 399 g/mol. The van der Waals surface area contributed by atoms with Gasteiger partial charge in [-0.25, -0.2) is 4.79 Å². The number of para-hydroxylation sites is 1. The predicted octanol–water partition coefficient (Wildman–Crippen LogP) is 4.26. The lowest BCUT2D eigenvalue weighted by Crippen LogP contribution is -2.21. The molecule has 2 rings (SSSR count). The number of nitrogens with one attached hydrogen (secondary N) is 1. The molecule has 1 amide bonds. The van der Waals surface area contributed by atoms with Crippen LogP contribution in [-0.4, -0.2) is 23.1 Å². The molecule has 1 aromatic heterocycles. The van der Waals surface area contributed by atoms with Crippen LogP contribution < -0.4 is 5.32 Å². The molecule has 0 saturated carbocycles. The molecule has 0 spiro atoms. The summed E-state index contributed by atoms with van der Waals surface area (Å²) in [6.07, 6.45) is 2.47. The van der Waals surface area contributed by atoms with Gasteiger partial charge in [-0.05, 0) is 50.1 Å². The number of nitriles is 1. The highest BCUT2D eigenvalue weighted by molar-refractivity contribution is 6.33. The number of hydrogen-bond acceptors (Lipinski definition) is 4. The Morgan fingerprint density at radius 2 is 2.04 bits per heavy atom. The van der Waals surface area contributed by atoms with Gasteiger partial charge >= 0.3 is 5.97 Å². The molecule has 6 nitrogen and oxygen atoms in total. The fourth-order valence-corrected chi connectivity index (χ4v) is 2.97. The summed E-state index contributed by atoms with van der Waals surface area (Å²) in [6, 6.07) is 10.5. The van der Waals surface area contributed by atoms with Gasteiger partial charge in [0.25, 0.3) is 5.91 Å². The number of carbonyl (C=O) groups is 2. The normalized spacial score (nSPS) is 11.0. The second-order valence-electron chi connectivity index (χ2n) is 6.25. The molecule has 146 valence electrons. The van der Waals surface area contributed by atoms with E-state index in [0.29, 0.717) is 10.7 Å². The van der Waals surface area contributed by atoms with Crippen molar-refractivity contribution in [2.24, 2.45) is 0 Å². The third-order valence-corrected chi connectivity index (χ3v) is 4.51. The number of anilines is 1. The summed E-state index contributed by atoms with van der Waals surface area (Å²) >= 11 is 5.97. The number of amides is 1. The third-order valence-electron chi connectivity index (χ3n) is 4.18. The second-order valence-corrected chi connectivity index (χ2v) is 6.66. The van der Waals surface area contributed by atoms with Gasteiger partial charge in [-0.3, -0.25) is 4.79 Å². The first-order valence-electron chi connectivity index (χ1n) is 8.87. The lowest BCUT2D eigenvalue weighted by Gasteiger charge is -2.08. The Balaban J connectivity index is 2.05. The van der Waals surface area contributed by atoms with E-state index < -0.39 is 18.5 Å². The Morgan fingerprint density at radius 1 is 1.32 bits per heavy atom. The van der Waals surface area contributed by atoms with Gasteiger partial charge in [0.2, 0.25) is 0 Å². The Kier molecular flexibility index (Phi) is 7.42. The highest BCUT2D eigenvalue weighted by Crippen LogP contribution is 2.21. The molecule has 1 aromatic carbocycles. The maximum Gasteiger partial charge on any atom is 0.349 e. The molecule has 0 radical (unpaired) electrons. The fourth-order valence-electron chi connectivity index (χ4n) is 2.79. The summed E-state index contributed by atoms with van der Waals surface area (Å²) < 4.78 is 7.10. The van der Waals surface area contributed by atoms with Crippen molar-refractivity contribution in [2.75, 3.05) is 11.9 Å². The molecule has 0 aliphatic heterocycles. The van der Waals surface area contributed by atoms with Gasteiger partial charge < -0.3 is 14.6 Å². The molecule has 28 heavy (non-hydrogen) atoms. The number of benzene rings is 1. The molecule has 0 bridgehead atoms. The number of nitrogens with zero attached hydrogens (tertiary/aromatic N) is 2. The Bertz CT molecular complexity index is 954. The van der Waals surface area contributed by atoms with E-state index in [1.54, 1.807) is 24.3 Å². The van der Waals surface area contributed by atoms with Crippen LogP contribution in [0.4, 0.5) is 5.69 Å². The average molecular weight is 400 g/mol. The van der Waals surface area contributed by atoms with Gasteiger partial charge in [-0.15, -0.1) is 0 Å². The molecule has 0 saturated heterocycles. The van der Waals surface area contributed by atoms with E-state index in [4.69, 9.17) is 16.3 Å². The fraction of sp³-hybridized carbons (Fsp3) is 0.286. The number of aromatic nitrogens is 1. The number of carbonyl (C=O) groups excluding carboxylic acids is 2. The highest BCUT2D eigenvalue weighted by Gasteiger charge is 2.16. The first kappa shape index (κ1) is 21.3. The summed E-state index contributed by atoms with van der Waals surface area (Å²) in [5, 5.41) is 12.3.